The number of hydrogen-bond donors (Lipinski definition) is 1. The summed E-state index contributed by atoms with van der Waals surface area (Å²) < 4.78 is 0. The lowest BCUT2D eigenvalue weighted by Gasteiger charge is -2.30. The standard InChI is InChI=1S/C15H22N2O3S/c1-10(13-16-6-7-21-13)9-17(2)14(18)11-4-3-5-12(8-11)15(19)20/h6-7,10-12H,3-5,8-9H2,1-2H3,(H,19,20). The van der Waals surface area contributed by atoms with E-state index in [0.717, 1.165) is 17.8 Å². The Morgan fingerprint density at radius 3 is 2.81 bits per heavy atom. The van der Waals surface area contributed by atoms with Crippen LogP contribution in [0.3, 0.4) is 0 Å². The number of nitrogens with zero attached hydrogens (tertiary/aromatic N) is 2. The molecule has 1 aromatic heterocycles. The third kappa shape index (κ3) is 4.03. The van der Waals surface area contributed by atoms with Gasteiger partial charge in [-0.15, -0.1) is 11.3 Å². The number of carboxylic acid groups (broad SMARTS) is 1. The van der Waals surface area contributed by atoms with Gasteiger partial charge in [0.15, 0.2) is 0 Å². The van der Waals surface area contributed by atoms with Gasteiger partial charge in [0.2, 0.25) is 5.91 Å². The van der Waals surface area contributed by atoms with E-state index in [1.54, 1.807) is 29.5 Å². The van der Waals surface area contributed by atoms with Gasteiger partial charge in [-0.2, -0.15) is 0 Å². The molecule has 1 saturated carbocycles. The summed E-state index contributed by atoms with van der Waals surface area (Å²) in [5.41, 5.74) is 0. The van der Waals surface area contributed by atoms with Crippen molar-refractivity contribution in [2.45, 2.75) is 38.5 Å². The third-order valence-electron chi connectivity index (χ3n) is 4.17. The van der Waals surface area contributed by atoms with Crippen molar-refractivity contribution in [3.8, 4) is 0 Å². The fraction of sp³-hybridized carbons (Fsp3) is 0.667. The molecule has 1 N–H and O–H groups in total. The van der Waals surface area contributed by atoms with Crippen LogP contribution in [0.25, 0.3) is 0 Å². The molecule has 0 bridgehead atoms. The van der Waals surface area contributed by atoms with Crippen molar-refractivity contribution in [3.05, 3.63) is 16.6 Å². The van der Waals surface area contributed by atoms with Gasteiger partial charge in [0.25, 0.3) is 0 Å². The van der Waals surface area contributed by atoms with Gasteiger partial charge in [-0.05, 0) is 19.3 Å². The number of aliphatic carboxylic acids is 1. The van der Waals surface area contributed by atoms with Crippen molar-refractivity contribution in [1.82, 2.24) is 9.88 Å². The molecule has 3 unspecified atom stereocenters. The number of carboxylic acids is 1. The van der Waals surface area contributed by atoms with Crippen LogP contribution in [0.15, 0.2) is 11.6 Å². The van der Waals surface area contributed by atoms with Gasteiger partial charge in [-0.25, -0.2) is 4.98 Å². The second-order valence-corrected chi connectivity index (χ2v) is 6.81. The number of carbonyl (C=O) groups excluding carboxylic acids is 1. The molecule has 21 heavy (non-hydrogen) atoms. The molecule has 1 aromatic rings. The summed E-state index contributed by atoms with van der Waals surface area (Å²) in [5, 5.41) is 12.1. The first-order chi connectivity index (χ1) is 9.99. The van der Waals surface area contributed by atoms with E-state index in [0.29, 0.717) is 19.4 Å². The lowest BCUT2D eigenvalue weighted by Crippen LogP contribution is -2.38. The van der Waals surface area contributed by atoms with Crippen LogP contribution in [0.1, 0.15) is 43.5 Å². The molecule has 0 aromatic carbocycles. The molecule has 116 valence electrons. The number of rotatable bonds is 5. The molecular formula is C15H22N2O3S. The van der Waals surface area contributed by atoms with Crippen LogP contribution in [0.5, 0.6) is 0 Å². The van der Waals surface area contributed by atoms with E-state index < -0.39 is 5.97 Å². The molecule has 1 heterocycles. The molecule has 0 spiro atoms. The van der Waals surface area contributed by atoms with Crippen molar-refractivity contribution in [2.75, 3.05) is 13.6 Å². The van der Waals surface area contributed by atoms with Gasteiger partial charge in [0.1, 0.15) is 0 Å². The summed E-state index contributed by atoms with van der Waals surface area (Å²) in [4.78, 5) is 29.6. The third-order valence-corrected chi connectivity index (χ3v) is 5.18. The van der Waals surface area contributed by atoms with Gasteiger partial charge in [-0.3, -0.25) is 9.59 Å². The molecule has 0 radical (unpaired) electrons. The molecule has 1 aliphatic rings. The Balaban J connectivity index is 1.91. The highest BCUT2D eigenvalue weighted by Gasteiger charge is 2.32. The van der Waals surface area contributed by atoms with Crippen molar-refractivity contribution in [3.63, 3.8) is 0 Å². The Bertz CT molecular complexity index is 489. The SMILES string of the molecule is CC(CN(C)C(=O)C1CCCC(C(=O)O)C1)c1nccs1. The lowest BCUT2D eigenvalue weighted by molar-refractivity contribution is -0.145. The molecule has 5 nitrogen and oxygen atoms in total. The van der Waals surface area contributed by atoms with Crippen LogP contribution < -0.4 is 0 Å². The van der Waals surface area contributed by atoms with Gasteiger partial charge in [0.05, 0.1) is 10.9 Å². The maximum absolute atomic E-state index is 12.5. The predicted octanol–water partition coefficient (Wildman–Crippen LogP) is 2.60. The number of carbonyl (C=O) groups is 2. The van der Waals surface area contributed by atoms with Crippen LogP contribution in [0.2, 0.25) is 0 Å². The zero-order valence-corrected chi connectivity index (χ0v) is 13.3. The van der Waals surface area contributed by atoms with Crippen LogP contribution in [0, 0.1) is 11.8 Å². The summed E-state index contributed by atoms with van der Waals surface area (Å²) >= 11 is 1.60. The number of hydrogen-bond acceptors (Lipinski definition) is 4. The molecule has 1 fully saturated rings. The molecule has 0 saturated heterocycles. The maximum Gasteiger partial charge on any atom is 0.306 e. The smallest absolute Gasteiger partial charge is 0.306 e. The number of aromatic nitrogens is 1. The van der Waals surface area contributed by atoms with E-state index in [2.05, 4.69) is 11.9 Å². The highest BCUT2D eigenvalue weighted by molar-refractivity contribution is 7.09. The molecule has 1 aliphatic carbocycles. The summed E-state index contributed by atoms with van der Waals surface area (Å²) in [6, 6.07) is 0. The van der Waals surface area contributed by atoms with Crippen molar-refractivity contribution < 1.29 is 14.7 Å². The first kappa shape index (κ1) is 15.9. The summed E-state index contributed by atoms with van der Waals surface area (Å²) in [7, 11) is 1.80. The van der Waals surface area contributed by atoms with E-state index in [1.807, 2.05) is 5.38 Å². The van der Waals surface area contributed by atoms with Gasteiger partial charge in [-0.1, -0.05) is 13.3 Å². The van der Waals surface area contributed by atoms with Crippen LogP contribution in [-0.4, -0.2) is 40.5 Å². The van der Waals surface area contributed by atoms with Crippen molar-refractivity contribution >= 4 is 23.2 Å². The normalized spacial score (nSPS) is 23.5. The molecule has 6 heteroatoms. The van der Waals surface area contributed by atoms with Crippen LogP contribution in [-0.2, 0) is 9.59 Å². The van der Waals surface area contributed by atoms with Crippen molar-refractivity contribution in [2.24, 2.45) is 11.8 Å². The van der Waals surface area contributed by atoms with E-state index in [9.17, 15) is 9.59 Å². The van der Waals surface area contributed by atoms with Gasteiger partial charge in [0, 0.05) is 37.0 Å². The summed E-state index contributed by atoms with van der Waals surface area (Å²) in [6.45, 7) is 2.68. The Kier molecular flexibility index (Phi) is 5.33. The largest absolute Gasteiger partial charge is 0.481 e. The maximum atomic E-state index is 12.5. The molecular weight excluding hydrogens is 288 g/mol. The fourth-order valence-corrected chi connectivity index (χ4v) is 3.70. The van der Waals surface area contributed by atoms with Gasteiger partial charge >= 0.3 is 5.97 Å². The highest BCUT2D eigenvalue weighted by Crippen LogP contribution is 2.31. The zero-order chi connectivity index (χ0) is 15.4. The number of thiazole rings is 1. The minimum Gasteiger partial charge on any atom is -0.481 e. The Morgan fingerprint density at radius 2 is 2.19 bits per heavy atom. The van der Waals surface area contributed by atoms with Crippen LogP contribution >= 0.6 is 11.3 Å². The zero-order valence-electron chi connectivity index (χ0n) is 12.5. The summed E-state index contributed by atoms with van der Waals surface area (Å²) in [5.74, 6) is -1.00. The minimum atomic E-state index is -0.772. The second kappa shape index (κ2) is 7.02. The first-order valence-corrected chi connectivity index (χ1v) is 8.24. The first-order valence-electron chi connectivity index (χ1n) is 7.36. The van der Waals surface area contributed by atoms with E-state index >= 15 is 0 Å². The summed E-state index contributed by atoms with van der Waals surface area (Å²) in [6.07, 6.45) is 4.57. The average Bonchev–Trinajstić information content (AvgIpc) is 3.00. The molecule has 0 aliphatic heterocycles. The van der Waals surface area contributed by atoms with E-state index in [-0.39, 0.29) is 23.7 Å². The average molecular weight is 310 g/mol. The fourth-order valence-electron chi connectivity index (χ4n) is 3.01. The topological polar surface area (TPSA) is 70.5 Å². The monoisotopic (exact) mass is 310 g/mol. The minimum absolute atomic E-state index is 0.0735. The van der Waals surface area contributed by atoms with Gasteiger partial charge < -0.3 is 10.0 Å². The van der Waals surface area contributed by atoms with Crippen molar-refractivity contribution in [1.29, 1.82) is 0 Å². The van der Waals surface area contributed by atoms with Crippen LogP contribution in [0.4, 0.5) is 0 Å². The predicted molar refractivity (Wildman–Crippen MR) is 81.2 cm³/mol. The second-order valence-electron chi connectivity index (χ2n) is 5.89. The van der Waals surface area contributed by atoms with E-state index in [1.165, 1.54) is 0 Å². The molecule has 3 atom stereocenters. The van der Waals surface area contributed by atoms with E-state index in [4.69, 9.17) is 5.11 Å². The Labute approximate surface area is 129 Å². The Morgan fingerprint density at radius 1 is 1.48 bits per heavy atom. The Hall–Kier alpha value is -1.43. The lowest BCUT2D eigenvalue weighted by atomic mass is 9.80. The molecule has 1 amide bonds. The number of amides is 1. The highest BCUT2D eigenvalue weighted by atomic mass is 32.1. The molecule has 2 rings (SSSR count). The quantitative estimate of drug-likeness (QED) is 0.907. The number of likely N-dealkylation sites (N-methyl/N-ethyl adjacent to an activating group) is 1.